The van der Waals surface area contributed by atoms with Crippen molar-refractivity contribution in [3.8, 4) is 92.0 Å². The zero-order valence-electron chi connectivity index (χ0n) is 79.1. The Hall–Kier alpha value is -7.70. The first-order valence-electron chi connectivity index (χ1n) is 44.4. The van der Waals surface area contributed by atoms with E-state index in [2.05, 4.69) is 313 Å². The van der Waals surface area contributed by atoms with Gasteiger partial charge in [0.05, 0.1) is 106 Å². The molecule has 0 amide bonds. The van der Waals surface area contributed by atoms with Crippen molar-refractivity contribution in [3.63, 3.8) is 0 Å². The summed E-state index contributed by atoms with van der Waals surface area (Å²) in [6.07, 6.45) is 0. The second kappa shape index (κ2) is 39.9. The molecule has 0 spiro atoms. The topological polar surface area (TPSA) is 148 Å². The standard InChI is InChI=1S/C96H144O16Si8/c1-33-97-65-49-82-66(98-34-2)50-81(65)113(17,18)83-51-68(100-36-4)85(52-67(83)99-35-3)115(21,22)87-55-72(104-40-8)89(56-71(87)103-39-7)117(25,26)91-59-76(108-44-12)93(60-75(91)107-43-11)119(29,30)95-63-80(112-48-16)96(64-79(95)111-47-15)120(31,32)94-62-77(109-45-13)92(61-78(94)110-46-14)118(27,28)90-58-73(105-41-9)88(57-74(90)106-42-10)116(23,24)86-54-69(101-37-5)84(114(82,19)20)53-70(86)102-38-6/h49-64H,33-48H2,1-32H3. The first kappa shape index (κ1) is 96.1. The molecule has 0 fully saturated rings. The summed E-state index contributed by atoms with van der Waals surface area (Å²) >= 11 is 0. The minimum absolute atomic E-state index is 0.451. The highest BCUT2D eigenvalue weighted by atomic mass is 28.3. The van der Waals surface area contributed by atoms with Gasteiger partial charge in [0.1, 0.15) is 157 Å². The summed E-state index contributed by atoms with van der Waals surface area (Å²) in [5.41, 5.74) is 0. The van der Waals surface area contributed by atoms with Gasteiger partial charge in [-0.1, -0.05) is 105 Å². The largest absolute Gasteiger partial charge is 0.494 e. The molecule has 0 N–H and O–H groups in total. The minimum atomic E-state index is -2.92. The lowest BCUT2D eigenvalue weighted by Gasteiger charge is -2.36. The molecule has 30 rings (SSSR count). The van der Waals surface area contributed by atoms with Gasteiger partial charge in [-0.3, -0.25) is 0 Å². The number of hydrogen-bond donors (Lipinski definition) is 0. The summed E-state index contributed by atoms with van der Waals surface area (Å²) < 4.78 is 112. The third-order valence-corrected chi connectivity index (χ3v) is 52.0. The molecule has 22 aliphatic rings. The molecule has 0 saturated heterocycles. The van der Waals surface area contributed by atoms with Crippen LogP contribution in [0.3, 0.4) is 0 Å². The van der Waals surface area contributed by atoms with Crippen LogP contribution in [-0.2, 0) is 0 Å². The first-order valence-corrected chi connectivity index (χ1v) is 68.4. The highest BCUT2D eigenvalue weighted by molar-refractivity contribution is 7.07. The Balaban J connectivity index is 1.44. The van der Waals surface area contributed by atoms with Crippen molar-refractivity contribution in [1.29, 1.82) is 0 Å². The van der Waals surface area contributed by atoms with Gasteiger partial charge in [0.15, 0.2) is 0 Å². The molecule has 22 aliphatic heterocycles. The van der Waals surface area contributed by atoms with Crippen molar-refractivity contribution in [1.82, 2.24) is 0 Å². The fourth-order valence-electron chi connectivity index (χ4n) is 17.9. The van der Waals surface area contributed by atoms with Gasteiger partial charge >= 0.3 is 0 Å². The molecular formula is C96H144O16Si8. The smallest absolute Gasteiger partial charge is 0.122 e. The van der Waals surface area contributed by atoms with Crippen LogP contribution in [0.15, 0.2) is 97.1 Å². The summed E-state index contributed by atoms with van der Waals surface area (Å²) in [7, 11) is -23.3. The van der Waals surface area contributed by atoms with Gasteiger partial charge in [0.25, 0.3) is 0 Å². The van der Waals surface area contributed by atoms with E-state index in [1.54, 1.807) is 0 Å². The Bertz CT molecular complexity index is 3700. The van der Waals surface area contributed by atoms with Crippen molar-refractivity contribution in [2.45, 2.75) is 216 Å². The predicted octanol–water partition coefficient (Wildman–Crippen LogP) is 13.0. The molecule has 0 aromatic heterocycles. The van der Waals surface area contributed by atoms with E-state index in [1.807, 2.05) is 0 Å². The Labute approximate surface area is 728 Å². The quantitative estimate of drug-likeness (QED) is 0.0368. The van der Waals surface area contributed by atoms with Crippen LogP contribution in [-0.4, -0.2) is 170 Å². The second-order valence-electron chi connectivity index (χ2n) is 34.7. The lowest BCUT2D eigenvalue weighted by molar-refractivity contribution is 0.333. The molecule has 0 unspecified atom stereocenters. The maximum atomic E-state index is 7.01. The van der Waals surface area contributed by atoms with Crippen LogP contribution in [0.5, 0.6) is 92.0 Å². The van der Waals surface area contributed by atoms with E-state index in [9.17, 15) is 0 Å². The summed E-state index contributed by atoms with van der Waals surface area (Å²) in [5, 5.41) is 17.5. The van der Waals surface area contributed by atoms with Gasteiger partial charge in [0.2, 0.25) is 0 Å². The van der Waals surface area contributed by atoms with Crippen molar-refractivity contribution >= 4 is 148 Å². The zero-order chi connectivity index (χ0) is 88.4. The SMILES string of the molecule is CCOc1cc2c(OCC)cc1[Si](C)(C)c1cc(OCC)c(cc1OCC)[Si](C)(C)c1cc(OCC)c(cc1OCC)[Si](C)(C)c1cc(OCC)c(cc1OCC)[Si](C)(C)c1cc(OCC)c(cc1OCC)[Si](C)(C)c1cc(OCC)c(cc1OCC)[Si](C)(C)c1cc(OCC)c(cc1OCC)[Si](C)(C)c1cc(OCC)c(cc1OCC)[Si]2(C)C. The molecule has 16 nitrogen and oxygen atoms in total. The van der Waals surface area contributed by atoms with Crippen LogP contribution < -0.4 is 159 Å². The predicted molar refractivity (Wildman–Crippen MR) is 524 cm³/mol. The van der Waals surface area contributed by atoms with Gasteiger partial charge in [-0.15, -0.1) is 0 Å². The fourth-order valence-corrected chi connectivity index (χ4v) is 40.2. The van der Waals surface area contributed by atoms with E-state index in [0.29, 0.717) is 106 Å². The molecule has 0 atom stereocenters. The van der Waals surface area contributed by atoms with Gasteiger partial charge in [-0.05, 0) is 291 Å². The maximum Gasteiger partial charge on any atom is 0.122 e. The molecule has 0 aliphatic carbocycles. The van der Waals surface area contributed by atoms with Crippen LogP contribution in [0.25, 0.3) is 0 Å². The average molecular weight is 1780 g/mol. The summed E-state index contributed by atoms with van der Waals surface area (Å²) in [5.74, 6) is 13.2. The van der Waals surface area contributed by atoms with Gasteiger partial charge in [-0.25, -0.2) is 0 Å². The molecule has 0 radical (unpaired) electrons. The Kier molecular flexibility index (Phi) is 31.9. The number of hydrogen-bond acceptors (Lipinski definition) is 16. The van der Waals surface area contributed by atoms with E-state index in [4.69, 9.17) is 75.8 Å². The van der Waals surface area contributed by atoms with E-state index in [1.165, 1.54) is 0 Å². The molecule has 24 heteroatoms. The van der Waals surface area contributed by atoms with Crippen molar-refractivity contribution in [3.05, 3.63) is 97.1 Å². The van der Waals surface area contributed by atoms with E-state index in [0.717, 1.165) is 175 Å². The normalized spacial score (nSPS) is 15.7. The van der Waals surface area contributed by atoms with Crippen LogP contribution in [0.1, 0.15) is 111 Å². The summed E-state index contributed by atoms with van der Waals surface area (Å²) in [6.45, 7) is 78.7. The molecule has 8 aromatic rings. The Morgan fingerprint density at radius 2 is 0.167 bits per heavy atom. The number of ether oxygens (including phenoxy) is 16. The molecule has 120 heavy (non-hydrogen) atoms. The highest BCUT2D eigenvalue weighted by Gasteiger charge is 2.48. The monoisotopic (exact) mass is 1780 g/mol. The highest BCUT2D eigenvalue weighted by Crippen LogP contribution is 2.37. The maximum absolute atomic E-state index is 7.01. The fraction of sp³-hybridized carbons (Fsp3) is 0.500. The third-order valence-electron chi connectivity index (χ3n) is 24.2. The molecule has 22 heterocycles. The molecule has 8 aromatic carbocycles. The van der Waals surface area contributed by atoms with Crippen LogP contribution in [0, 0.1) is 0 Å². The lowest BCUT2D eigenvalue weighted by atomic mass is 10.3. The van der Waals surface area contributed by atoms with E-state index < -0.39 is 64.6 Å². The number of rotatable bonds is 32. The van der Waals surface area contributed by atoms with Crippen molar-refractivity contribution in [2.24, 2.45) is 0 Å². The zero-order valence-corrected chi connectivity index (χ0v) is 87.1. The third kappa shape index (κ3) is 18.9. The van der Waals surface area contributed by atoms with Crippen molar-refractivity contribution in [2.75, 3.05) is 106 Å². The minimum Gasteiger partial charge on any atom is -0.494 e. The van der Waals surface area contributed by atoms with Gasteiger partial charge in [-0.2, -0.15) is 0 Å². The average Bonchev–Trinajstić information content (AvgIpc) is 0.732. The summed E-state index contributed by atoms with van der Waals surface area (Å²) in [6, 6.07) is 36.7. The van der Waals surface area contributed by atoms with Crippen LogP contribution in [0.4, 0.5) is 0 Å². The second-order valence-corrected chi connectivity index (χ2v) is 69.3. The summed E-state index contributed by atoms with van der Waals surface area (Å²) in [4.78, 5) is 0. The molecule has 0 saturated carbocycles. The van der Waals surface area contributed by atoms with Gasteiger partial charge in [0, 0.05) is 0 Å². The molecule has 16 bridgehead atoms. The van der Waals surface area contributed by atoms with Crippen molar-refractivity contribution < 1.29 is 75.8 Å². The Morgan fingerprint density at radius 1 is 0.117 bits per heavy atom. The Morgan fingerprint density at radius 3 is 0.208 bits per heavy atom. The number of benzene rings is 8. The van der Waals surface area contributed by atoms with E-state index >= 15 is 0 Å². The molecule has 656 valence electrons. The van der Waals surface area contributed by atoms with E-state index in [-0.39, 0.29) is 0 Å². The lowest BCUT2D eigenvalue weighted by Crippen LogP contribution is -2.60. The van der Waals surface area contributed by atoms with Crippen LogP contribution >= 0.6 is 0 Å². The first-order chi connectivity index (χ1) is 56.9. The van der Waals surface area contributed by atoms with Gasteiger partial charge < -0.3 is 75.8 Å². The van der Waals surface area contributed by atoms with Crippen LogP contribution in [0.2, 0.25) is 105 Å². The molecular weight excluding hydrogens is 1630 g/mol.